The molecule has 2 rings (SSSR count). The molecule has 0 radical (unpaired) electrons. The number of nitrogens with zero attached hydrogens (tertiary/aromatic N) is 2. The van der Waals surface area contributed by atoms with Gasteiger partial charge in [0.15, 0.2) is 0 Å². The normalized spacial score (nSPS) is 14.7. The molecule has 0 aliphatic rings. The number of benzene rings is 1. The smallest absolute Gasteiger partial charge is 0.0970 e. The number of aromatic nitrogens is 2. The van der Waals surface area contributed by atoms with Gasteiger partial charge < -0.3 is 9.67 Å². The van der Waals surface area contributed by atoms with Crippen molar-refractivity contribution in [2.75, 3.05) is 0 Å². The molecule has 1 aromatic heterocycles. The Bertz CT molecular complexity index is 620. The van der Waals surface area contributed by atoms with E-state index < -0.39 is 6.10 Å². The fraction of sp³-hybridized carbons (Fsp3) is 0.278. The summed E-state index contributed by atoms with van der Waals surface area (Å²) in [5.74, 6) is 0. The number of halogens is 1. The van der Waals surface area contributed by atoms with Gasteiger partial charge in [-0.1, -0.05) is 48.0 Å². The highest BCUT2D eigenvalue weighted by Gasteiger charge is 2.20. The van der Waals surface area contributed by atoms with Crippen LogP contribution in [-0.4, -0.2) is 20.8 Å². The maximum Gasteiger partial charge on any atom is 0.0970 e. The predicted octanol–water partition coefficient (Wildman–Crippen LogP) is 4.40. The van der Waals surface area contributed by atoms with Gasteiger partial charge in [-0.15, -0.1) is 0 Å². The van der Waals surface area contributed by atoms with Gasteiger partial charge in [-0.3, -0.25) is 0 Å². The zero-order valence-corrected chi connectivity index (χ0v) is 13.4. The lowest BCUT2D eigenvalue weighted by molar-refractivity contribution is 0.175. The van der Waals surface area contributed by atoms with Crippen LogP contribution in [0.3, 0.4) is 0 Å². The number of aliphatic hydroxyl groups excluding tert-OH is 1. The van der Waals surface area contributed by atoms with Crippen LogP contribution in [0.1, 0.15) is 31.4 Å². The number of aliphatic hydroxyl groups is 1. The molecule has 0 spiro atoms. The minimum atomic E-state index is -0.640. The summed E-state index contributed by atoms with van der Waals surface area (Å²) in [7, 11) is 0. The maximum absolute atomic E-state index is 10.6. The second-order valence-electron chi connectivity index (χ2n) is 5.07. The van der Waals surface area contributed by atoms with Gasteiger partial charge in [0.05, 0.1) is 18.5 Å². The largest absolute Gasteiger partial charge is 0.387 e. The van der Waals surface area contributed by atoms with Gasteiger partial charge in [-0.25, -0.2) is 4.98 Å². The van der Waals surface area contributed by atoms with Gasteiger partial charge in [-0.2, -0.15) is 0 Å². The van der Waals surface area contributed by atoms with E-state index in [9.17, 15) is 5.11 Å². The molecule has 22 heavy (non-hydrogen) atoms. The highest BCUT2D eigenvalue weighted by molar-refractivity contribution is 6.30. The summed E-state index contributed by atoms with van der Waals surface area (Å²) < 4.78 is 1.90. The van der Waals surface area contributed by atoms with Crippen molar-refractivity contribution in [2.24, 2.45) is 0 Å². The van der Waals surface area contributed by atoms with Gasteiger partial charge in [0.1, 0.15) is 0 Å². The molecule has 2 atom stereocenters. The van der Waals surface area contributed by atoms with Gasteiger partial charge >= 0.3 is 0 Å². The van der Waals surface area contributed by atoms with Crippen LogP contribution in [0.25, 0.3) is 0 Å². The lowest BCUT2D eigenvalue weighted by atomic mass is 10.0. The van der Waals surface area contributed by atoms with E-state index >= 15 is 0 Å². The van der Waals surface area contributed by atoms with Crippen molar-refractivity contribution in [3.05, 3.63) is 77.9 Å². The third kappa shape index (κ3) is 4.58. The lowest BCUT2D eigenvalue weighted by Crippen LogP contribution is -2.22. The third-order valence-corrected chi connectivity index (χ3v) is 3.66. The Morgan fingerprint density at radius 2 is 2.14 bits per heavy atom. The highest BCUT2D eigenvalue weighted by atomic mass is 35.5. The first-order valence-corrected chi connectivity index (χ1v) is 7.79. The molecule has 0 fully saturated rings. The van der Waals surface area contributed by atoms with Gasteiger partial charge in [0, 0.05) is 17.4 Å². The van der Waals surface area contributed by atoms with E-state index in [2.05, 4.69) is 11.1 Å². The number of hydrogen-bond acceptors (Lipinski definition) is 2. The molecule has 0 aliphatic heterocycles. The van der Waals surface area contributed by atoms with Crippen LogP contribution in [0.2, 0.25) is 5.02 Å². The van der Waals surface area contributed by atoms with E-state index in [1.807, 2.05) is 60.2 Å². The number of rotatable bonds is 7. The zero-order valence-electron chi connectivity index (χ0n) is 12.6. The minimum Gasteiger partial charge on any atom is -0.387 e. The maximum atomic E-state index is 10.6. The number of hydrogen-bond donors (Lipinski definition) is 1. The second-order valence-corrected chi connectivity index (χ2v) is 5.51. The fourth-order valence-corrected chi connectivity index (χ4v) is 2.57. The summed E-state index contributed by atoms with van der Waals surface area (Å²) in [6.45, 7) is 2.01. The predicted molar refractivity (Wildman–Crippen MR) is 91.0 cm³/mol. The molecule has 116 valence electrons. The lowest BCUT2D eigenvalue weighted by Gasteiger charge is -2.22. The molecular weight excluding hydrogens is 296 g/mol. The molecule has 2 unspecified atom stereocenters. The van der Waals surface area contributed by atoms with Crippen LogP contribution < -0.4 is 0 Å². The van der Waals surface area contributed by atoms with Gasteiger partial charge in [0.25, 0.3) is 0 Å². The van der Waals surface area contributed by atoms with Crippen LogP contribution in [0.5, 0.6) is 0 Å². The number of unbranched alkanes of at least 4 members (excludes halogenated alkanes) is 1. The SMILES string of the molecule is C/C=C/CC/C=C/C(O)C(c1cccc(Cl)c1)n1ccnc1. The molecule has 0 aliphatic carbocycles. The summed E-state index contributed by atoms with van der Waals surface area (Å²) >= 11 is 6.08. The number of allylic oxidation sites excluding steroid dienone is 3. The van der Waals surface area contributed by atoms with Crippen LogP contribution in [0, 0.1) is 0 Å². The fourth-order valence-electron chi connectivity index (χ4n) is 2.37. The summed E-state index contributed by atoms with van der Waals surface area (Å²) in [6, 6.07) is 7.33. The minimum absolute atomic E-state index is 0.237. The highest BCUT2D eigenvalue weighted by Crippen LogP contribution is 2.25. The van der Waals surface area contributed by atoms with Gasteiger partial charge in [-0.05, 0) is 37.5 Å². The van der Waals surface area contributed by atoms with Crippen molar-refractivity contribution in [3.8, 4) is 0 Å². The van der Waals surface area contributed by atoms with Crippen molar-refractivity contribution >= 4 is 11.6 Å². The Morgan fingerprint density at radius 3 is 2.82 bits per heavy atom. The first kappa shape index (κ1) is 16.5. The molecule has 3 nitrogen and oxygen atoms in total. The van der Waals surface area contributed by atoms with Crippen molar-refractivity contribution < 1.29 is 5.11 Å². The van der Waals surface area contributed by atoms with Crippen molar-refractivity contribution in [1.29, 1.82) is 0 Å². The summed E-state index contributed by atoms with van der Waals surface area (Å²) in [4.78, 5) is 4.08. The van der Waals surface area contributed by atoms with E-state index in [-0.39, 0.29) is 6.04 Å². The Hall–Kier alpha value is -1.84. The van der Waals surface area contributed by atoms with E-state index in [4.69, 9.17) is 11.6 Å². The van der Waals surface area contributed by atoms with Crippen molar-refractivity contribution in [2.45, 2.75) is 31.9 Å². The average molecular weight is 317 g/mol. The molecule has 2 aromatic rings. The van der Waals surface area contributed by atoms with Crippen LogP contribution >= 0.6 is 11.6 Å². The molecule has 0 bridgehead atoms. The van der Waals surface area contributed by atoms with Gasteiger partial charge in [0.2, 0.25) is 0 Å². The number of imidazole rings is 1. The average Bonchev–Trinajstić information content (AvgIpc) is 3.01. The van der Waals surface area contributed by atoms with E-state index in [0.29, 0.717) is 5.02 Å². The summed E-state index contributed by atoms with van der Waals surface area (Å²) in [6.07, 6.45) is 14.5. The second kappa shape index (κ2) is 8.57. The molecule has 1 aromatic carbocycles. The monoisotopic (exact) mass is 316 g/mol. The molecule has 1 heterocycles. The molecular formula is C18H21ClN2O. The first-order chi connectivity index (χ1) is 10.7. The standard InChI is InChI=1S/C18H21ClN2O/c1-2-3-4-5-6-10-17(22)18(21-12-11-20-14-21)15-8-7-9-16(19)13-15/h2-3,6-14,17-18,22H,4-5H2,1H3/b3-2+,10-6+. The van der Waals surface area contributed by atoms with Crippen molar-refractivity contribution in [3.63, 3.8) is 0 Å². The molecule has 0 amide bonds. The summed E-state index contributed by atoms with van der Waals surface area (Å²) in [5.41, 5.74) is 0.955. The van der Waals surface area contributed by atoms with Crippen LogP contribution in [0.4, 0.5) is 0 Å². The van der Waals surface area contributed by atoms with Crippen molar-refractivity contribution in [1.82, 2.24) is 9.55 Å². The van der Waals surface area contributed by atoms with Crippen LogP contribution in [-0.2, 0) is 0 Å². The summed E-state index contributed by atoms with van der Waals surface area (Å²) in [5, 5.41) is 11.2. The van der Waals surface area contributed by atoms with E-state index in [1.165, 1.54) is 0 Å². The Labute approximate surface area is 136 Å². The zero-order chi connectivity index (χ0) is 15.8. The quantitative estimate of drug-likeness (QED) is 0.607. The van der Waals surface area contributed by atoms with Crippen LogP contribution in [0.15, 0.2) is 67.3 Å². The Morgan fingerprint density at radius 1 is 1.32 bits per heavy atom. The first-order valence-electron chi connectivity index (χ1n) is 7.41. The van der Waals surface area contributed by atoms with E-state index in [0.717, 1.165) is 18.4 Å². The molecule has 4 heteroatoms. The Kier molecular flexibility index (Phi) is 6.44. The van der Waals surface area contributed by atoms with E-state index in [1.54, 1.807) is 12.5 Å². The molecule has 0 saturated heterocycles. The third-order valence-electron chi connectivity index (χ3n) is 3.43. The molecule has 0 saturated carbocycles. The topological polar surface area (TPSA) is 38.0 Å². The Balaban J connectivity index is 2.18. The molecule has 1 N–H and O–H groups in total.